The fraction of sp³-hybridized carbons (Fsp3) is 0.200. The zero-order valence-corrected chi connectivity index (χ0v) is 8.12. The second kappa shape index (κ2) is 4.00. The van der Waals surface area contributed by atoms with Crippen LogP contribution in [0.2, 0.25) is 0 Å². The van der Waals surface area contributed by atoms with Crippen molar-refractivity contribution < 1.29 is 14.8 Å². The zero-order valence-electron chi connectivity index (χ0n) is 8.12. The Morgan fingerprint density at radius 2 is 2.13 bits per heavy atom. The maximum Gasteiger partial charge on any atom is 0.283 e. The van der Waals surface area contributed by atoms with E-state index in [1.807, 2.05) is 18.2 Å². The second-order valence-corrected chi connectivity index (χ2v) is 3.00. The van der Waals surface area contributed by atoms with Crippen molar-refractivity contribution in [3.8, 4) is 0 Å². The lowest BCUT2D eigenvalue weighted by molar-refractivity contribution is -0.0313. The smallest absolute Gasteiger partial charge is 0.283 e. The van der Waals surface area contributed by atoms with E-state index in [1.165, 1.54) is 0 Å². The fourth-order valence-corrected chi connectivity index (χ4v) is 1.24. The van der Waals surface area contributed by atoms with Gasteiger partial charge in [0.15, 0.2) is 5.71 Å². The highest BCUT2D eigenvalue weighted by molar-refractivity contribution is 6.45. The number of hydrogen-bond acceptors (Lipinski definition) is 5. The van der Waals surface area contributed by atoms with E-state index in [0.717, 1.165) is 5.56 Å². The minimum atomic E-state index is -0.444. The number of oxime groups is 2. The number of ether oxygens (including phenoxy) is 1. The van der Waals surface area contributed by atoms with Crippen molar-refractivity contribution in [3.05, 3.63) is 35.9 Å². The lowest BCUT2D eigenvalue weighted by Gasteiger charge is -2.04. The average Bonchev–Trinajstić information content (AvgIpc) is 2.68. The SMILES string of the molecule is C[C@H]1ON=C(/C(=N\O)c2ccccc2)O1. The first-order valence-electron chi connectivity index (χ1n) is 4.49. The molecule has 0 unspecified atom stereocenters. The number of hydrogen-bond donors (Lipinski definition) is 1. The summed E-state index contributed by atoms with van der Waals surface area (Å²) in [6.45, 7) is 1.70. The molecule has 5 heteroatoms. The molecule has 1 N–H and O–H groups in total. The van der Waals surface area contributed by atoms with E-state index in [4.69, 9.17) is 14.8 Å². The Morgan fingerprint density at radius 3 is 2.67 bits per heavy atom. The van der Waals surface area contributed by atoms with E-state index in [0.29, 0.717) is 0 Å². The highest BCUT2D eigenvalue weighted by Gasteiger charge is 2.23. The third kappa shape index (κ3) is 1.90. The third-order valence-electron chi connectivity index (χ3n) is 1.91. The number of rotatable bonds is 2. The van der Waals surface area contributed by atoms with Gasteiger partial charge in [0.25, 0.3) is 12.2 Å². The maximum absolute atomic E-state index is 8.90. The molecule has 0 saturated carbocycles. The van der Waals surface area contributed by atoms with Crippen molar-refractivity contribution in [2.45, 2.75) is 13.2 Å². The molecule has 1 atom stereocenters. The van der Waals surface area contributed by atoms with Crippen LogP contribution in [0, 0.1) is 0 Å². The van der Waals surface area contributed by atoms with Gasteiger partial charge in [0.1, 0.15) is 0 Å². The first-order valence-corrected chi connectivity index (χ1v) is 4.49. The minimum Gasteiger partial charge on any atom is -0.432 e. The van der Waals surface area contributed by atoms with Crippen LogP contribution in [-0.2, 0) is 9.57 Å². The molecule has 2 rings (SSSR count). The molecular weight excluding hydrogens is 196 g/mol. The van der Waals surface area contributed by atoms with E-state index in [1.54, 1.807) is 19.1 Å². The standard InChI is InChI=1S/C10H10N2O3/c1-7-14-10(12-15-7)9(11-13)8-5-3-2-4-6-8/h2-7,13H,1H3/b11-9-/t7-/m1/s1. The fourth-order valence-electron chi connectivity index (χ4n) is 1.24. The van der Waals surface area contributed by atoms with Gasteiger partial charge in [0.2, 0.25) is 0 Å². The van der Waals surface area contributed by atoms with Crippen LogP contribution in [0.4, 0.5) is 0 Å². The number of benzene rings is 1. The molecule has 0 bridgehead atoms. The van der Waals surface area contributed by atoms with Crippen LogP contribution in [0.15, 0.2) is 40.6 Å². The molecular formula is C10H10N2O3. The van der Waals surface area contributed by atoms with Gasteiger partial charge in [-0.2, -0.15) is 0 Å². The topological polar surface area (TPSA) is 63.4 Å². The van der Waals surface area contributed by atoms with Gasteiger partial charge >= 0.3 is 0 Å². The lowest BCUT2D eigenvalue weighted by Crippen LogP contribution is -2.18. The number of nitrogens with zero attached hydrogens (tertiary/aromatic N) is 2. The van der Waals surface area contributed by atoms with Crippen LogP contribution in [0.1, 0.15) is 12.5 Å². The summed E-state index contributed by atoms with van der Waals surface area (Å²) in [5, 5.41) is 15.7. The Kier molecular flexibility index (Phi) is 2.53. The predicted molar refractivity (Wildman–Crippen MR) is 53.8 cm³/mol. The summed E-state index contributed by atoms with van der Waals surface area (Å²) in [4.78, 5) is 4.84. The van der Waals surface area contributed by atoms with E-state index in [-0.39, 0.29) is 11.6 Å². The molecule has 0 saturated heterocycles. The van der Waals surface area contributed by atoms with Gasteiger partial charge in [-0.3, -0.25) is 0 Å². The summed E-state index contributed by atoms with van der Waals surface area (Å²) in [6, 6.07) is 9.13. The van der Waals surface area contributed by atoms with Crippen LogP contribution in [0.25, 0.3) is 0 Å². The van der Waals surface area contributed by atoms with Gasteiger partial charge in [0.05, 0.1) is 0 Å². The molecule has 0 aliphatic carbocycles. The first-order chi connectivity index (χ1) is 7.31. The van der Waals surface area contributed by atoms with Gasteiger partial charge in [0, 0.05) is 12.5 Å². The highest BCUT2D eigenvalue weighted by atomic mass is 16.8. The molecule has 78 valence electrons. The predicted octanol–water partition coefficient (Wildman–Crippen LogP) is 1.57. The Morgan fingerprint density at radius 1 is 1.40 bits per heavy atom. The molecule has 1 aliphatic rings. The molecule has 0 fully saturated rings. The van der Waals surface area contributed by atoms with Crippen molar-refractivity contribution in [1.82, 2.24) is 0 Å². The summed E-state index contributed by atoms with van der Waals surface area (Å²) < 4.78 is 5.21. The quantitative estimate of drug-likeness (QED) is 0.454. The molecule has 5 nitrogen and oxygen atoms in total. The van der Waals surface area contributed by atoms with Crippen LogP contribution >= 0.6 is 0 Å². The lowest BCUT2D eigenvalue weighted by atomic mass is 10.1. The van der Waals surface area contributed by atoms with Crippen molar-refractivity contribution >= 4 is 11.6 Å². The van der Waals surface area contributed by atoms with Gasteiger partial charge in [-0.05, 0) is 5.16 Å². The average molecular weight is 206 g/mol. The molecule has 0 spiro atoms. The van der Waals surface area contributed by atoms with E-state index < -0.39 is 6.29 Å². The van der Waals surface area contributed by atoms with Gasteiger partial charge in [-0.25, -0.2) is 0 Å². The van der Waals surface area contributed by atoms with Crippen molar-refractivity contribution in [2.75, 3.05) is 0 Å². The Labute approximate surface area is 86.6 Å². The monoisotopic (exact) mass is 206 g/mol. The van der Waals surface area contributed by atoms with Gasteiger partial charge in [-0.15, -0.1) is 0 Å². The highest BCUT2D eigenvalue weighted by Crippen LogP contribution is 2.11. The maximum atomic E-state index is 8.90. The Bertz CT molecular complexity index is 400. The summed E-state index contributed by atoms with van der Waals surface area (Å²) in [5.74, 6) is 0.191. The van der Waals surface area contributed by atoms with Crippen LogP contribution in [-0.4, -0.2) is 23.1 Å². The molecule has 1 aromatic carbocycles. The zero-order chi connectivity index (χ0) is 10.7. The van der Waals surface area contributed by atoms with Crippen molar-refractivity contribution in [3.63, 3.8) is 0 Å². The summed E-state index contributed by atoms with van der Waals surface area (Å²) in [5.41, 5.74) is 0.983. The minimum absolute atomic E-state index is 0.191. The Hall–Kier alpha value is -2.04. The normalized spacial score (nSPS) is 20.5. The van der Waals surface area contributed by atoms with Crippen LogP contribution in [0.3, 0.4) is 0 Å². The molecule has 1 aliphatic heterocycles. The molecule has 0 amide bonds. The van der Waals surface area contributed by atoms with E-state index in [9.17, 15) is 0 Å². The second-order valence-electron chi connectivity index (χ2n) is 3.00. The van der Waals surface area contributed by atoms with Gasteiger partial charge < -0.3 is 14.8 Å². The summed E-state index contributed by atoms with van der Waals surface area (Å²) in [7, 11) is 0. The summed E-state index contributed by atoms with van der Waals surface area (Å²) in [6.07, 6.45) is -0.444. The van der Waals surface area contributed by atoms with Crippen LogP contribution < -0.4 is 0 Å². The summed E-state index contributed by atoms with van der Waals surface area (Å²) >= 11 is 0. The van der Waals surface area contributed by atoms with Crippen molar-refractivity contribution in [1.29, 1.82) is 0 Å². The van der Waals surface area contributed by atoms with E-state index >= 15 is 0 Å². The molecule has 0 aromatic heterocycles. The third-order valence-corrected chi connectivity index (χ3v) is 1.91. The van der Waals surface area contributed by atoms with Crippen molar-refractivity contribution in [2.24, 2.45) is 10.3 Å². The molecule has 1 heterocycles. The first kappa shape index (κ1) is 9.51. The largest absolute Gasteiger partial charge is 0.432 e. The van der Waals surface area contributed by atoms with E-state index in [2.05, 4.69) is 10.3 Å². The molecule has 15 heavy (non-hydrogen) atoms. The Balaban J connectivity index is 2.27. The van der Waals surface area contributed by atoms with Crippen LogP contribution in [0.5, 0.6) is 0 Å². The molecule has 1 aromatic rings. The van der Waals surface area contributed by atoms with Gasteiger partial charge in [-0.1, -0.05) is 35.5 Å². The molecule has 0 radical (unpaired) electrons.